The highest BCUT2D eigenvalue weighted by Gasteiger charge is 2.39. The molecule has 10 nitrogen and oxygen atoms in total. The van der Waals surface area contributed by atoms with E-state index in [-0.39, 0.29) is 30.2 Å². The summed E-state index contributed by atoms with van der Waals surface area (Å²) in [5.41, 5.74) is -0.0905. The molecule has 2 fully saturated rings. The van der Waals surface area contributed by atoms with Crippen molar-refractivity contribution in [2.24, 2.45) is 17.3 Å². The molecule has 216 valence electrons. The summed E-state index contributed by atoms with van der Waals surface area (Å²) in [5.74, 6) is -1.18. The van der Waals surface area contributed by atoms with E-state index in [1.54, 1.807) is 4.90 Å². The van der Waals surface area contributed by atoms with E-state index in [9.17, 15) is 28.8 Å². The molecule has 1 aliphatic heterocycles. The molecule has 0 bridgehead atoms. The highest BCUT2D eigenvalue weighted by Crippen LogP contribution is 2.31. The molecule has 0 spiro atoms. The number of hydroxylamine groups is 2. The largest absolute Gasteiger partial charge is 0.344 e. The topological polar surface area (TPSA) is 131 Å². The maximum Gasteiger partial charge on any atom is 0.319 e. The van der Waals surface area contributed by atoms with Crippen molar-refractivity contribution in [3.05, 3.63) is 30.1 Å². The van der Waals surface area contributed by atoms with Crippen LogP contribution in [0.3, 0.4) is 0 Å². The lowest BCUT2D eigenvalue weighted by atomic mass is 9.84. The van der Waals surface area contributed by atoms with Gasteiger partial charge in [0, 0.05) is 24.8 Å². The number of piperidine rings is 1. The molecule has 39 heavy (non-hydrogen) atoms. The molecular formula is C28H42FN5O5. The van der Waals surface area contributed by atoms with Crippen LogP contribution in [0.1, 0.15) is 65.7 Å². The smallest absolute Gasteiger partial charge is 0.319 e. The lowest BCUT2D eigenvalue weighted by Crippen LogP contribution is -2.58. The molecule has 11 heteroatoms. The Balaban J connectivity index is 1.57. The zero-order valence-corrected chi connectivity index (χ0v) is 23.1. The first-order valence-corrected chi connectivity index (χ1v) is 13.8. The predicted octanol–water partition coefficient (Wildman–Crippen LogP) is 3.51. The van der Waals surface area contributed by atoms with E-state index in [2.05, 4.69) is 16.0 Å². The first-order valence-electron chi connectivity index (χ1n) is 13.8. The van der Waals surface area contributed by atoms with Crippen LogP contribution in [-0.2, 0) is 14.4 Å². The van der Waals surface area contributed by atoms with Gasteiger partial charge in [-0.2, -0.15) is 0 Å². The van der Waals surface area contributed by atoms with Gasteiger partial charge in [-0.15, -0.1) is 0 Å². The molecule has 2 aliphatic rings. The summed E-state index contributed by atoms with van der Waals surface area (Å²) < 4.78 is 13.1. The second-order valence-corrected chi connectivity index (χ2v) is 11.8. The van der Waals surface area contributed by atoms with Crippen molar-refractivity contribution in [3.8, 4) is 0 Å². The number of nitrogens with one attached hydrogen (secondary N) is 3. The molecule has 1 saturated carbocycles. The molecule has 0 aromatic heterocycles. The van der Waals surface area contributed by atoms with Crippen molar-refractivity contribution in [1.82, 2.24) is 20.6 Å². The number of amides is 5. The van der Waals surface area contributed by atoms with Crippen LogP contribution in [0.25, 0.3) is 0 Å². The van der Waals surface area contributed by atoms with Gasteiger partial charge in [0.2, 0.25) is 18.2 Å². The molecular weight excluding hydrogens is 505 g/mol. The fourth-order valence-electron chi connectivity index (χ4n) is 5.40. The van der Waals surface area contributed by atoms with Crippen molar-refractivity contribution in [1.29, 1.82) is 0 Å². The normalized spacial score (nSPS) is 18.2. The Morgan fingerprint density at radius 3 is 2.28 bits per heavy atom. The van der Waals surface area contributed by atoms with E-state index < -0.39 is 23.4 Å². The van der Waals surface area contributed by atoms with E-state index >= 15 is 0 Å². The summed E-state index contributed by atoms with van der Waals surface area (Å²) in [4.78, 5) is 52.0. The predicted molar refractivity (Wildman–Crippen MR) is 144 cm³/mol. The quantitative estimate of drug-likeness (QED) is 0.202. The Morgan fingerprint density at radius 1 is 1.10 bits per heavy atom. The number of hydrogen-bond acceptors (Lipinski definition) is 5. The Morgan fingerprint density at radius 2 is 1.72 bits per heavy atom. The highest BCUT2D eigenvalue weighted by atomic mass is 19.1. The average molecular weight is 548 g/mol. The minimum atomic E-state index is -0.786. The van der Waals surface area contributed by atoms with Gasteiger partial charge in [-0.25, -0.2) is 14.2 Å². The summed E-state index contributed by atoms with van der Waals surface area (Å²) in [6, 6.07) is 4.18. The van der Waals surface area contributed by atoms with Gasteiger partial charge in [-0.1, -0.05) is 46.5 Å². The fourth-order valence-corrected chi connectivity index (χ4v) is 5.40. The highest BCUT2D eigenvalue weighted by molar-refractivity contribution is 5.90. The third-order valence-electron chi connectivity index (χ3n) is 7.64. The van der Waals surface area contributed by atoms with E-state index in [1.807, 2.05) is 20.8 Å². The summed E-state index contributed by atoms with van der Waals surface area (Å²) in [6.07, 6.45) is 6.20. The summed E-state index contributed by atoms with van der Waals surface area (Å²) in [6.45, 7) is 6.39. The molecule has 1 aliphatic carbocycles. The minimum absolute atomic E-state index is 0.117. The van der Waals surface area contributed by atoms with E-state index in [1.165, 1.54) is 24.3 Å². The van der Waals surface area contributed by atoms with E-state index in [0.29, 0.717) is 55.4 Å². The molecule has 1 unspecified atom stereocenters. The zero-order chi connectivity index (χ0) is 28.6. The van der Waals surface area contributed by atoms with Gasteiger partial charge in [0.25, 0.3) is 0 Å². The number of benzene rings is 1. The molecule has 5 amide bonds. The van der Waals surface area contributed by atoms with Gasteiger partial charge in [-0.05, 0) is 54.9 Å². The number of urea groups is 1. The Labute approximate surface area is 229 Å². The monoisotopic (exact) mass is 547 g/mol. The molecule has 1 saturated heterocycles. The van der Waals surface area contributed by atoms with Gasteiger partial charge in [0.15, 0.2) is 0 Å². The van der Waals surface area contributed by atoms with Crippen LogP contribution in [-0.4, -0.2) is 71.1 Å². The van der Waals surface area contributed by atoms with E-state index in [0.717, 1.165) is 25.7 Å². The van der Waals surface area contributed by atoms with Crippen LogP contribution in [0.2, 0.25) is 0 Å². The minimum Gasteiger partial charge on any atom is -0.344 e. The first-order chi connectivity index (χ1) is 18.5. The van der Waals surface area contributed by atoms with Gasteiger partial charge in [-0.3, -0.25) is 19.6 Å². The lowest BCUT2D eigenvalue weighted by Gasteiger charge is -2.39. The molecule has 1 aromatic carbocycles. The van der Waals surface area contributed by atoms with Crippen molar-refractivity contribution >= 4 is 29.9 Å². The molecule has 1 heterocycles. The number of nitrogens with zero attached hydrogens (tertiary/aromatic N) is 2. The molecule has 2 atom stereocenters. The molecule has 0 radical (unpaired) electrons. The first kappa shape index (κ1) is 30.3. The maximum absolute atomic E-state index is 13.6. The third-order valence-corrected chi connectivity index (χ3v) is 7.64. The number of likely N-dealkylation sites (tertiary alicyclic amines) is 1. The summed E-state index contributed by atoms with van der Waals surface area (Å²) >= 11 is 0. The molecule has 1 aromatic rings. The van der Waals surface area contributed by atoms with Crippen LogP contribution in [0.4, 0.5) is 14.9 Å². The lowest BCUT2D eigenvalue weighted by molar-refractivity contribution is -0.156. The van der Waals surface area contributed by atoms with E-state index in [4.69, 9.17) is 0 Å². The van der Waals surface area contributed by atoms with Crippen molar-refractivity contribution in [2.75, 3.05) is 25.0 Å². The third kappa shape index (κ3) is 9.19. The van der Waals surface area contributed by atoms with Crippen molar-refractivity contribution in [2.45, 2.75) is 77.8 Å². The number of carbonyl (C=O) groups excluding carboxylic acids is 4. The second-order valence-electron chi connectivity index (χ2n) is 11.8. The van der Waals surface area contributed by atoms with Crippen molar-refractivity contribution < 1.29 is 28.8 Å². The average Bonchev–Trinajstić information content (AvgIpc) is 3.40. The van der Waals surface area contributed by atoms with Gasteiger partial charge < -0.3 is 20.9 Å². The Bertz CT molecular complexity index is 985. The second kappa shape index (κ2) is 13.7. The number of halogens is 1. The fraction of sp³-hybridized carbons (Fsp3) is 0.643. The number of carbonyl (C=O) groups is 4. The summed E-state index contributed by atoms with van der Waals surface area (Å²) in [7, 11) is 0. The van der Waals surface area contributed by atoms with Gasteiger partial charge in [0.05, 0.1) is 12.5 Å². The van der Waals surface area contributed by atoms with Crippen LogP contribution in [0.15, 0.2) is 24.3 Å². The zero-order valence-electron chi connectivity index (χ0n) is 23.1. The Hall–Kier alpha value is -3.21. The number of anilines is 1. The SMILES string of the molecule is CC(C)(C)[C@H](NC(=O)C(CC1CCCC1)CN(O)C=O)C(=O)N1CCC(NC(=O)Nc2ccc(F)cc2)CC1. The Kier molecular flexibility index (Phi) is 10.7. The number of rotatable bonds is 10. The van der Waals surface area contributed by atoms with Crippen LogP contribution in [0.5, 0.6) is 0 Å². The number of hydrogen-bond donors (Lipinski definition) is 4. The maximum atomic E-state index is 13.6. The van der Waals surface area contributed by atoms with Gasteiger partial charge >= 0.3 is 6.03 Å². The van der Waals surface area contributed by atoms with Crippen LogP contribution in [0, 0.1) is 23.1 Å². The molecule has 4 N–H and O–H groups in total. The van der Waals surface area contributed by atoms with Gasteiger partial charge in [0.1, 0.15) is 11.9 Å². The molecule has 3 rings (SSSR count). The van der Waals surface area contributed by atoms with Crippen molar-refractivity contribution in [3.63, 3.8) is 0 Å². The standard InChI is InChI=1S/C28H42FN5O5/c1-28(2,3)24(32-25(36)20(17-34(39)18-35)16-19-6-4-5-7-19)26(37)33-14-12-23(13-15-33)31-27(38)30-22-10-8-21(29)9-11-22/h8-11,18-20,23-24,39H,4-7,12-17H2,1-3H3,(H,32,36)(H2,30,31,38)/t20?,24-/m1/s1. The van der Waals surface area contributed by atoms with Crippen LogP contribution < -0.4 is 16.0 Å². The van der Waals surface area contributed by atoms with Crippen LogP contribution >= 0.6 is 0 Å². The summed E-state index contributed by atoms with van der Waals surface area (Å²) in [5, 5.41) is 18.8.